The van der Waals surface area contributed by atoms with Crippen molar-refractivity contribution in [2.75, 3.05) is 0 Å². The van der Waals surface area contributed by atoms with Crippen molar-refractivity contribution in [3.05, 3.63) is 0 Å². The molecule has 0 heterocycles. The van der Waals surface area contributed by atoms with Gasteiger partial charge in [0.25, 0.3) is 0 Å². The van der Waals surface area contributed by atoms with Crippen LogP contribution in [0.25, 0.3) is 0 Å². The van der Waals surface area contributed by atoms with Gasteiger partial charge in [0, 0.05) is 16.8 Å². The molecule has 0 aliphatic heterocycles. The molecular weight excluding hydrogens is 220 g/mol. The first-order valence-electron chi connectivity index (χ1n) is 0. The summed E-state index contributed by atoms with van der Waals surface area (Å²) in [5, 5.41) is 0. The van der Waals surface area contributed by atoms with Gasteiger partial charge in [-0.2, -0.15) is 0 Å². The average molecular weight is 220 g/mol. The molecule has 0 atom stereocenters. The van der Waals surface area contributed by atoms with E-state index in [9.17, 15) is 0 Å². The Kier molecular flexibility index (Phi) is 1450. The van der Waals surface area contributed by atoms with Gasteiger partial charge < -0.3 is 16.4 Å². The fourth-order valence-corrected chi connectivity index (χ4v) is 0. The summed E-state index contributed by atoms with van der Waals surface area (Å²) in [6.45, 7) is 0. The van der Waals surface area contributed by atoms with Crippen molar-refractivity contribution >= 4 is 0 Å². The predicted octanol–water partition coefficient (Wildman–Crippen LogP) is -0.364. The molecule has 0 spiro atoms. The van der Waals surface area contributed by atoms with Crippen LogP contribution in [0.5, 0.6) is 0 Å². The van der Waals surface area contributed by atoms with Crippen molar-refractivity contribution in [2.45, 2.75) is 0 Å². The third-order valence-electron chi connectivity index (χ3n) is 0. The summed E-state index contributed by atoms with van der Waals surface area (Å²) >= 11 is 0. The molecule has 0 bridgehead atoms. The van der Waals surface area contributed by atoms with Gasteiger partial charge in [0.15, 0.2) is 0 Å². The Morgan fingerprint density at radius 1 is 0.667 bits per heavy atom. The standard InChI is InChI=1S/Co.3O.Ti.Zn/q;3*-2;+4;+2. The van der Waals surface area contributed by atoms with E-state index in [-0.39, 0.29) is 74.4 Å². The second kappa shape index (κ2) is 74.1. The van der Waals surface area contributed by atoms with Crippen LogP contribution in [0.3, 0.4) is 0 Å². The fourth-order valence-electron chi connectivity index (χ4n) is 0. The quantitative estimate of drug-likeness (QED) is 0.499. The zero-order valence-electron chi connectivity index (χ0n) is 2.77. The summed E-state index contributed by atoms with van der Waals surface area (Å²) in [6, 6.07) is 0. The van der Waals surface area contributed by atoms with Crippen LogP contribution < -0.4 is 0 Å². The van der Waals surface area contributed by atoms with Crippen molar-refractivity contribution in [1.29, 1.82) is 0 Å². The minimum absolute atomic E-state index is 0. The van der Waals surface area contributed by atoms with Crippen LogP contribution in [0.4, 0.5) is 0 Å². The van der Waals surface area contributed by atoms with Crippen molar-refractivity contribution < 1.29 is 74.4 Å². The van der Waals surface area contributed by atoms with E-state index < -0.39 is 0 Å². The molecular formula is CoO3TiZn. The maximum Gasteiger partial charge on any atom is 4.00 e. The van der Waals surface area contributed by atoms with Gasteiger partial charge in [-0.3, -0.25) is 0 Å². The predicted molar refractivity (Wildman–Crippen MR) is 2.06 cm³/mol. The molecule has 0 unspecified atom stereocenters. The molecule has 6 heteroatoms. The molecule has 0 rings (SSSR count). The Hall–Kier alpha value is 1.72. The Balaban J connectivity index is 0. The Morgan fingerprint density at radius 2 is 0.667 bits per heavy atom. The van der Waals surface area contributed by atoms with Gasteiger partial charge in [-0.1, -0.05) is 0 Å². The summed E-state index contributed by atoms with van der Waals surface area (Å²) in [4.78, 5) is 0. The molecule has 1 radical (unpaired) electrons. The molecule has 0 aliphatic rings. The Morgan fingerprint density at radius 3 is 0.667 bits per heavy atom. The zero-order chi connectivity index (χ0) is 0. The first-order chi connectivity index (χ1) is 0. The minimum atomic E-state index is 0. The number of hydrogen-bond acceptors (Lipinski definition) is 0. The van der Waals surface area contributed by atoms with Crippen molar-refractivity contribution in [3.8, 4) is 0 Å². The Labute approximate surface area is 74.0 Å². The van der Waals surface area contributed by atoms with Crippen molar-refractivity contribution in [3.63, 3.8) is 0 Å². The largest absolute Gasteiger partial charge is 4.00 e. The van der Waals surface area contributed by atoms with E-state index in [0.29, 0.717) is 0 Å². The third kappa shape index (κ3) is 43.0. The molecule has 3 nitrogen and oxygen atoms in total. The van der Waals surface area contributed by atoms with E-state index in [0.717, 1.165) is 0 Å². The Bertz CT molecular complexity index is 10.8. The van der Waals surface area contributed by atoms with Gasteiger partial charge in [0.2, 0.25) is 0 Å². The second-order valence-corrected chi connectivity index (χ2v) is 0. The second-order valence-electron chi connectivity index (χ2n) is 0. The maximum atomic E-state index is 0. The summed E-state index contributed by atoms with van der Waals surface area (Å²) in [6.07, 6.45) is 0. The van der Waals surface area contributed by atoms with E-state index in [1.54, 1.807) is 0 Å². The molecule has 0 saturated heterocycles. The zero-order valence-corrected chi connectivity index (χ0v) is 8.33. The summed E-state index contributed by atoms with van der Waals surface area (Å²) < 4.78 is 0. The van der Waals surface area contributed by atoms with Gasteiger partial charge >= 0.3 is 41.2 Å². The van der Waals surface area contributed by atoms with Crippen LogP contribution in [0, 0.1) is 0 Å². The van der Waals surface area contributed by atoms with E-state index in [2.05, 4.69) is 0 Å². The minimum Gasteiger partial charge on any atom is -2.00 e. The molecule has 0 saturated carbocycles. The van der Waals surface area contributed by atoms with Crippen LogP contribution in [0.15, 0.2) is 0 Å². The summed E-state index contributed by atoms with van der Waals surface area (Å²) in [7, 11) is 0. The molecule has 0 aromatic carbocycles. The SMILES string of the molecule is [Co].[O-2].[O-2].[O-2].[Ti+4].[Zn+2]. The normalized spacial score (nSPS) is 0. The molecule has 0 aromatic heterocycles. The molecule has 0 amide bonds. The topological polar surface area (TPSA) is 85.5 Å². The van der Waals surface area contributed by atoms with Crippen LogP contribution in [-0.4, -0.2) is 0 Å². The number of rotatable bonds is 0. The van der Waals surface area contributed by atoms with Gasteiger partial charge in [0.1, 0.15) is 0 Å². The monoisotopic (exact) mass is 219 g/mol. The van der Waals surface area contributed by atoms with Gasteiger partial charge in [-0.05, 0) is 0 Å². The van der Waals surface area contributed by atoms with E-state index >= 15 is 0 Å². The molecule has 0 aromatic rings. The average Bonchev–Trinajstić information content (AvgIpc) is 0. The van der Waals surface area contributed by atoms with Gasteiger partial charge in [-0.25, -0.2) is 0 Å². The first-order valence-corrected chi connectivity index (χ1v) is 0. The fraction of sp³-hybridized carbons (Fsp3) is 0. The van der Waals surface area contributed by atoms with Crippen LogP contribution in [-0.2, 0) is 74.4 Å². The smallest absolute Gasteiger partial charge is 2.00 e. The van der Waals surface area contributed by atoms with E-state index in [1.807, 2.05) is 0 Å². The van der Waals surface area contributed by atoms with Crippen molar-refractivity contribution in [2.24, 2.45) is 0 Å². The molecule has 0 fully saturated rings. The van der Waals surface area contributed by atoms with Crippen LogP contribution in [0.1, 0.15) is 0 Å². The maximum absolute atomic E-state index is 0. The first kappa shape index (κ1) is 117. The van der Waals surface area contributed by atoms with Crippen molar-refractivity contribution in [1.82, 2.24) is 0 Å². The molecule has 33 valence electrons. The molecule has 0 aliphatic carbocycles. The summed E-state index contributed by atoms with van der Waals surface area (Å²) in [5.41, 5.74) is 0. The van der Waals surface area contributed by atoms with Gasteiger partial charge in [-0.15, -0.1) is 0 Å². The molecule has 6 heavy (non-hydrogen) atoms. The molecule has 0 N–H and O–H groups in total. The summed E-state index contributed by atoms with van der Waals surface area (Å²) in [5.74, 6) is 0. The van der Waals surface area contributed by atoms with Crippen LogP contribution in [0.2, 0.25) is 0 Å². The van der Waals surface area contributed by atoms with E-state index in [1.165, 1.54) is 0 Å². The van der Waals surface area contributed by atoms with Gasteiger partial charge in [0.05, 0.1) is 0 Å². The number of hydrogen-bond donors (Lipinski definition) is 0. The van der Waals surface area contributed by atoms with E-state index in [4.69, 9.17) is 0 Å². The third-order valence-corrected chi connectivity index (χ3v) is 0. The van der Waals surface area contributed by atoms with Crippen LogP contribution >= 0.6 is 0 Å².